The minimum absolute atomic E-state index is 0.113. The predicted molar refractivity (Wildman–Crippen MR) is 72.0 cm³/mol. The van der Waals surface area contributed by atoms with Gasteiger partial charge >= 0.3 is 0 Å². The molecule has 18 heavy (non-hydrogen) atoms. The van der Waals surface area contributed by atoms with Crippen molar-refractivity contribution < 1.29 is 5.11 Å². The molecule has 0 bridgehead atoms. The Balaban J connectivity index is 2.01. The van der Waals surface area contributed by atoms with Gasteiger partial charge in [0.1, 0.15) is 11.6 Å². The van der Waals surface area contributed by atoms with Crippen molar-refractivity contribution in [1.82, 2.24) is 9.97 Å². The van der Waals surface area contributed by atoms with Crippen molar-refractivity contribution in [3.63, 3.8) is 0 Å². The number of aliphatic hydroxyl groups is 1. The number of benzene rings is 1. The van der Waals surface area contributed by atoms with E-state index < -0.39 is 0 Å². The molecule has 0 saturated carbocycles. The van der Waals surface area contributed by atoms with Crippen molar-refractivity contribution in [3.05, 3.63) is 54.0 Å². The Kier molecular flexibility index (Phi) is 4.77. The monoisotopic (exact) mass is 256 g/mol. The lowest BCUT2D eigenvalue weighted by atomic mass is 10.1. The summed E-state index contributed by atoms with van der Waals surface area (Å²) in [6.45, 7) is -0.113. The molecule has 0 radical (unpaired) electrons. The van der Waals surface area contributed by atoms with Crippen LogP contribution in [0.25, 0.3) is 0 Å². The second-order valence-corrected chi connectivity index (χ2v) is 4.49. The number of hydrogen-bond donors (Lipinski definition) is 1. The first-order valence-electron chi connectivity index (χ1n) is 5.46. The molecule has 1 heterocycles. The van der Waals surface area contributed by atoms with Gasteiger partial charge in [-0.25, -0.2) is 4.98 Å². The molecule has 0 amide bonds. The molecule has 0 aliphatic carbocycles. The van der Waals surface area contributed by atoms with Crippen LogP contribution < -0.4 is 0 Å². The van der Waals surface area contributed by atoms with Crippen LogP contribution in [0.3, 0.4) is 0 Å². The summed E-state index contributed by atoms with van der Waals surface area (Å²) < 4.78 is 0. The normalized spacial score (nSPS) is 9.61. The van der Waals surface area contributed by atoms with E-state index in [2.05, 4.69) is 21.8 Å². The highest BCUT2D eigenvalue weighted by Crippen LogP contribution is 2.19. The molecule has 1 N–H and O–H groups in total. The van der Waals surface area contributed by atoms with Crippen molar-refractivity contribution >= 4 is 11.8 Å². The third kappa shape index (κ3) is 3.88. The number of nitrogens with zero attached hydrogens (tertiary/aromatic N) is 2. The second-order valence-electron chi connectivity index (χ2n) is 3.49. The smallest absolute Gasteiger partial charge is 0.115 e. The van der Waals surface area contributed by atoms with Crippen LogP contribution in [-0.2, 0) is 5.75 Å². The third-order valence-corrected chi connectivity index (χ3v) is 3.15. The Labute approximate surface area is 110 Å². The third-order valence-electron chi connectivity index (χ3n) is 2.16. The maximum Gasteiger partial charge on any atom is 0.115 e. The Hall–Kier alpha value is -1.83. The van der Waals surface area contributed by atoms with Crippen molar-refractivity contribution in [2.24, 2.45) is 0 Å². The molecule has 0 fully saturated rings. The number of hydrogen-bond acceptors (Lipinski definition) is 4. The van der Waals surface area contributed by atoms with Gasteiger partial charge in [-0.2, -0.15) is 0 Å². The number of aliphatic hydroxyl groups excluding tert-OH is 1. The number of aromatic nitrogens is 2. The summed E-state index contributed by atoms with van der Waals surface area (Å²) in [6, 6.07) is 7.96. The van der Waals surface area contributed by atoms with Gasteiger partial charge in [0.15, 0.2) is 0 Å². The largest absolute Gasteiger partial charge is 0.384 e. The lowest BCUT2D eigenvalue weighted by molar-refractivity contribution is 0.350. The Morgan fingerprint density at radius 3 is 3.00 bits per heavy atom. The summed E-state index contributed by atoms with van der Waals surface area (Å²) >= 11 is 1.63. The van der Waals surface area contributed by atoms with Gasteiger partial charge in [-0.3, -0.25) is 4.98 Å². The van der Waals surface area contributed by atoms with E-state index in [1.165, 1.54) is 5.56 Å². The summed E-state index contributed by atoms with van der Waals surface area (Å²) in [5.41, 5.74) is 2.09. The maximum absolute atomic E-state index is 8.66. The Morgan fingerprint density at radius 1 is 1.28 bits per heavy atom. The van der Waals surface area contributed by atoms with Crippen LogP contribution in [0.1, 0.15) is 11.1 Å². The Bertz CT molecular complexity index is 561. The van der Waals surface area contributed by atoms with Gasteiger partial charge in [0.05, 0.1) is 6.20 Å². The van der Waals surface area contributed by atoms with Crippen molar-refractivity contribution in [1.29, 1.82) is 0 Å². The molecule has 4 heteroatoms. The van der Waals surface area contributed by atoms with Crippen LogP contribution in [0.4, 0.5) is 0 Å². The fraction of sp³-hybridized carbons (Fsp3) is 0.143. The highest BCUT2D eigenvalue weighted by atomic mass is 32.2. The minimum Gasteiger partial charge on any atom is -0.384 e. The molecular weight excluding hydrogens is 244 g/mol. The summed E-state index contributed by atoms with van der Waals surface area (Å²) in [6.07, 6.45) is 5.10. The van der Waals surface area contributed by atoms with Crippen LogP contribution in [-0.4, -0.2) is 21.7 Å². The zero-order chi connectivity index (χ0) is 12.6. The first-order chi connectivity index (χ1) is 8.88. The van der Waals surface area contributed by atoms with E-state index in [1.807, 2.05) is 24.3 Å². The summed E-state index contributed by atoms with van der Waals surface area (Å²) in [7, 11) is 0. The second kappa shape index (κ2) is 6.80. The summed E-state index contributed by atoms with van der Waals surface area (Å²) in [5, 5.41) is 9.56. The van der Waals surface area contributed by atoms with Gasteiger partial charge in [-0.15, -0.1) is 11.8 Å². The molecule has 0 saturated heterocycles. The van der Waals surface area contributed by atoms with Gasteiger partial charge < -0.3 is 5.11 Å². The van der Waals surface area contributed by atoms with Crippen molar-refractivity contribution in [2.45, 2.75) is 10.8 Å². The summed E-state index contributed by atoms with van der Waals surface area (Å²) in [4.78, 5) is 8.23. The van der Waals surface area contributed by atoms with E-state index >= 15 is 0 Å². The number of rotatable bonds is 3. The molecule has 3 nitrogen and oxygen atoms in total. The highest BCUT2D eigenvalue weighted by molar-refractivity contribution is 7.98. The van der Waals surface area contributed by atoms with Gasteiger partial charge in [0.25, 0.3) is 0 Å². The van der Waals surface area contributed by atoms with Crippen LogP contribution in [0.15, 0.2) is 47.9 Å². The standard InChI is InChI=1S/C14H12N2OS/c17-8-2-5-12-3-1-4-13(9-12)11-18-14-10-15-6-7-16-14/h1,3-4,6-7,9-10,17H,8,11H2. The molecule has 0 aliphatic rings. The van der Waals surface area contributed by atoms with Crippen LogP contribution in [0, 0.1) is 11.8 Å². The molecule has 2 aromatic rings. The lowest BCUT2D eigenvalue weighted by Crippen LogP contribution is -1.85. The molecule has 0 atom stereocenters. The van der Waals surface area contributed by atoms with Crippen LogP contribution >= 0.6 is 11.8 Å². The zero-order valence-electron chi connectivity index (χ0n) is 9.71. The fourth-order valence-corrected chi connectivity index (χ4v) is 2.16. The topological polar surface area (TPSA) is 46.0 Å². The summed E-state index contributed by atoms with van der Waals surface area (Å²) in [5.74, 6) is 6.36. The van der Waals surface area contributed by atoms with E-state index in [4.69, 9.17) is 5.11 Å². The first kappa shape index (κ1) is 12.6. The first-order valence-corrected chi connectivity index (χ1v) is 6.44. The molecule has 2 rings (SSSR count). The van der Waals surface area contributed by atoms with Crippen molar-refractivity contribution in [3.8, 4) is 11.8 Å². The van der Waals surface area contributed by atoms with E-state index in [0.29, 0.717) is 0 Å². The van der Waals surface area contributed by atoms with Crippen LogP contribution in [0.2, 0.25) is 0 Å². The molecule has 1 aromatic carbocycles. The van der Waals surface area contributed by atoms with Gasteiger partial charge in [0.2, 0.25) is 0 Å². The molecule has 90 valence electrons. The van der Waals surface area contributed by atoms with E-state index in [9.17, 15) is 0 Å². The SMILES string of the molecule is OCC#Cc1cccc(CSc2cnccn2)c1. The van der Waals surface area contributed by atoms with Gasteiger partial charge in [-0.05, 0) is 17.7 Å². The average Bonchev–Trinajstić information content (AvgIpc) is 2.44. The maximum atomic E-state index is 8.66. The zero-order valence-corrected chi connectivity index (χ0v) is 10.5. The van der Waals surface area contributed by atoms with Crippen LogP contribution in [0.5, 0.6) is 0 Å². The number of thioether (sulfide) groups is 1. The average molecular weight is 256 g/mol. The van der Waals surface area contributed by atoms with E-state index in [1.54, 1.807) is 30.4 Å². The molecule has 0 spiro atoms. The minimum atomic E-state index is -0.113. The predicted octanol–water partition coefficient (Wildman–Crippen LogP) is 2.11. The highest BCUT2D eigenvalue weighted by Gasteiger charge is 1.98. The lowest BCUT2D eigenvalue weighted by Gasteiger charge is -2.01. The molecule has 1 aromatic heterocycles. The molecule has 0 unspecified atom stereocenters. The molecule has 0 aliphatic heterocycles. The quantitative estimate of drug-likeness (QED) is 0.675. The molecular formula is C14H12N2OS. The van der Waals surface area contributed by atoms with Crippen molar-refractivity contribution in [2.75, 3.05) is 6.61 Å². The van der Waals surface area contributed by atoms with Gasteiger partial charge in [-0.1, -0.05) is 24.0 Å². The van der Waals surface area contributed by atoms with Gasteiger partial charge in [0, 0.05) is 23.7 Å². The van der Waals surface area contributed by atoms with E-state index in [0.717, 1.165) is 16.3 Å². The fourth-order valence-electron chi connectivity index (χ4n) is 1.40. The van der Waals surface area contributed by atoms with E-state index in [-0.39, 0.29) is 6.61 Å². The Morgan fingerprint density at radius 2 is 2.22 bits per heavy atom.